The van der Waals surface area contributed by atoms with Gasteiger partial charge in [0.25, 0.3) is 0 Å². The fourth-order valence-corrected chi connectivity index (χ4v) is 1.84. The monoisotopic (exact) mass is 247 g/mol. The molecule has 0 radical (unpaired) electrons. The number of nitrogens with zero attached hydrogens (tertiary/aromatic N) is 1. The van der Waals surface area contributed by atoms with Crippen molar-refractivity contribution in [3.05, 3.63) is 58.7 Å². The highest BCUT2D eigenvalue weighted by molar-refractivity contribution is 6.30. The van der Waals surface area contributed by atoms with Gasteiger partial charge in [0, 0.05) is 23.2 Å². The standard InChI is InChI=1S/C14H14ClNO/c1-10(11-3-6-13(15)7-4-11)12-5-8-14(17-2)16-9-12/h3-10H,1-2H3. The molecule has 0 saturated heterocycles. The van der Waals surface area contributed by atoms with Crippen molar-refractivity contribution in [2.45, 2.75) is 12.8 Å². The van der Waals surface area contributed by atoms with Gasteiger partial charge in [0.05, 0.1) is 7.11 Å². The van der Waals surface area contributed by atoms with Crippen LogP contribution in [0.1, 0.15) is 24.0 Å². The second kappa shape index (κ2) is 5.19. The molecule has 1 heterocycles. The second-order valence-electron chi connectivity index (χ2n) is 3.91. The lowest BCUT2D eigenvalue weighted by Crippen LogP contribution is -1.97. The maximum atomic E-state index is 5.87. The molecular weight excluding hydrogens is 234 g/mol. The van der Waals surface area contributed by atoms with Crippen LogP contribution >= 0.6 is 11.6 Å². The van der Waals surface area contributed by atoms with Crippen LogP contribution in [0.3, 0.4) is 0 Å². The minimum atomic E-state index is 0.297. The van der Waals surface area contributed by atoms with Crippen LogP contribution in [-0.4, -0.2) is 12.1 Å². The van der Waals surface area contributed by atoms with E-state index in [1.54, 1.807) is 7.11 Å². The van der Waals surface area contributed by atoms with E-state index in [1.807, 2.05) is 42.6 Å². The lowest BCUT2D eigenvalue weighted by atomic mass is 9.95. The van der Waals surface area contributed by atoms with Crippen molar-refractivity contribution in [3.8, 4) is 5.88 Å². The molecule has 3 heteroatoms. The van der Waals surface area contributed by atoms with E-state index >= 15 is 0 Å². The summed E-state index contributed by atoms with van der Waals surface area (Å²) < 4.78 is 5.04. The predicted octanol–water partition coefficient (Wildman–Crippen LogP) is 3.90. The number of methoxy groups -OCH3 is 1. The molecule has 0 bridgehead atoms. The normalized spacial score (nSPS) is 12.2. The maximum absolute atomic E-state index is 5.87. The van der Waals surface area contributed by atoms with Gasteiger partial charge in [-0.1, -0.05) is 36.7 Å². The van der Waals surface area contributed by atoms with Crippen LogP contribution < -0.4 is 4.74 Å². The van der Waals surface area contributed by atoms with Gasteiger partial charge < -0.3 is 4.74 Å². The smallest absolute Gasteiger partial charge is 0.212 e. The highest BCUT2D eigenvalue weighted by Crippen LogP contribution is 2.25. The van der Waals surface area contributed by atoms with Gasteiger partial charge in [0.15, 0.2) is 0 Å². The Labute approximate surface area is 106 Å². The lowest BCUT2D eigenvalue weighted by Gasteiger charge is -2.12. The summed E-state index contributed by atoms with van der Waals surface area (Å²) in [4.78, 5) is 4.21. The van der Waals surface area contributed by atoms with Crippen LogP contribution in [0.2, 0.25) is 5.02 Å². The molecule has 0 N–H and O–H groups in total. The van der Waals surface area contributed by atoms with Crippen molar-refractivity contribution in [3.63, 3.8) is 0 Å². The minimum absolute atomic E-state index is 0.297. The number of hydrogen-bond acceptors (Lipinski definition) is 2. The third-order valence-corrected chi connectivity index (χ3v) is 3.09. The Kier molecular flexibility index (Phi) is 3.64. The van der Waals surface area contributed by atoms with Crippen LogP contribution in [0.4, 0.5) is 0 Å². The SMILES string of the molecule is COc1ccc(C(C)c2ccc(Cl)cc2)cn1. The lowest BCUT2D eigenvalue weighted by molar-refractivity contribution is 0.397. The Morgan fingerprint density at radius 1 is 1.06 bits per heavy atom. The van der Waals surface area contributed by atoms with Crippen molar-refractivity contribution in [1.29, 1.82) is 0 Å². The van der Waals surface area contributed by atoms with Crippen molar-refractivity contribution in [1.82, 2.24) is 4.98 Å². The number of rotatable bonds is 3. The Morgan fingerprint density at radius 2 is 1.71 bits per heavy atom. The van der Waals surface area contributed by atoms with Crippen LogP contribution in [0, 0.1) is 0 Å². The fourth-order valence-electron chi connectivity index (χ4n) is 1.71. The summed E-state index contributed by atoms with van der Waals surface area (Å²) in [5.74, 6) is 0.933. The molecule has 88 valence electrons. The van der Waals surface area contributed by atoms with Gasteiger partial charge in [-0.25, -0.2) is 4.98 Å². The first-order chi connectivity index (χ1) is 8.20. The average Bonchev–Trinajstić information content (AvgIpc) is 2.39. The van der Waals surface area contributed by atoms with Gasteiger partial charge in [0.1, 0.15) is 0 Å². The average molecular weight is 248 g/mol. The molecule has 1 aromatic carbocycles. The predicted molar refractivity (Wildman–Crippen MR) is 69.8 cm³/mol. The largest absolute Gasteiger partial charge is 0.481 e. The molecule has 1 atom stereocenters. The van der Waals surface area contributed by atoms with Crippen LogP contribution in [0.5, 0.6) is 5.88 Å². The van der Waals surface area contributed by atoms with E-state index in [-0.39, 0.29) is 0 Å². The van der Waals surface area contributed by atoms with Gasteiger partial charge in [-0.15, -0.1) is 0 Å². The van der Waals surface area contributed by atoms with E-state index in [0.29, 0.717) is 11.8 Å². The summed E-state index contributed by atoms with van der Waals surface area (Å²) in [5, 5.41) is 0.758. The Hall–Kier alpha value is -1.54. The number of hydrogen-bond donors (Lipinski definition) is 0. The van der Waals surface area contributed by atoms with Gasteiger partial charge in [-0.3, -0.25) is 0 Å². The fraction of sp³-hybridized carbons (Fsp3) is 0.214. The Morgan fingerprint density at radius 3 is 2.24 bits per heavy atom. The highest BCUT2D eigenvalue weighted by atomic mass is 35.5. The quantitative estimate of drug-likeness (QED) is 0.821. The van der Waals surface area contributed by atoms with E-state index in [0.717, 1.165) is 10.6 Å². The van der Waals surface area contributed by atoms with E-state index < -0.39 is 0 Å². The molecular formula is C14H14ClNO. The molecule has 0 saturated carbocycles. The highest BCUT2D eigenvalue weighted by Gasteiger charge is 2.08. The van der Waals surface area contributed by atoms with E-state index in [9.17, 15) is 0 Å². The van der Waals surface area contributed by atoms with Crippen LogP contribution in [-0.2, 0) is 0 Å². The number of ether oxygens (including phenoxy) is 1. The van der Waals surface area contributed by atoms with Crippen molar-refractivity contribution in [2.24, 2.45) is 0 Å². The van der Waals surface area contributed by atoms with Gasteiger partial charge in [-0.05, 0) is 23.3 Å². The number of halogens is 1. The number of pyridine rings is 1. The van der Waals surface area contributed by atoms with Crippen molar-refractivity contribution in [2.75, 3.05) is 7.11 Å². The van der Waals surface area contributed by atoms with Gasteiger partial charge in [-0.2, -0.15) is 0 Å². The van der Waals surface area contributed by atoms with E-state index in [1.165, 1.54) is 5.56 Å². The molecule has 1 aromatic heterocycles. The first kappa shape index (κ1) is 11.9. The third-order valence-electron chi connectivity index (χ3n) is 2.84. The number of aromatic nitrogens is 1. The molecule has 0 aliphatic heterocycles. The van der Waals surface area contributed by atoms with Crippen molar-refractivity contribution >= 4 is 11.6 Å². The van der Waals surface area contributed by atoms with Crippen LogP contribution in [0.15, 0.2) is 42.6 Å². The number of benzene rings is 1. The molecule has 17 heavy (non-hydrogen) atoms. The van der Waals surface area contributed by atoms with Gasteiger partial charge >= 0.3 is 0 Å². The Balaban J connectivity index is 2.23. The maximum Gasteiger partial charge on any atom is 0.212 e. The van der Waals surface area contributed by atoms with Crippen LogP contribution in [0.25, 0.3) is 0 Å². The second-order valence-corrected chi connectivity index (χ2v) is 4.34. The summed E-state index contributed by atoms with van der Waals surface area (Å²) >= 11 is 5.87. The van der Waals surface area contributed by atoms with Crippen molar-refractivity contribution < 1.29 is 4.74 Å². The summed E-state index contributed by atoms with van der Waals surface area (Å²) in [6.45, 7) is 2.15. The molecule has 2 aromatic rings. The zero-order valence-electron chi connectivity index (χ0n) is 9.85. The third kappa shape index (κ3) is 2.77. The summed E-state index contributed by atoms with van der Waals surface area (Å²) in [6.07, 6.45) is 1.85. The molecule has 1 unspecified atom stereocenters. The van der Waals surface area contributed by atoms with E-state index in [4.69, 9.17) is 16.3 Å². The topological polar surface area (TPSA) is 22.1 Å². The Bertz CT molecular complexity index is 479. The summed E-state index contributed by atoms with van der Waals surface area (Å²) in [7, 11) is 1.62. The molecule has 0 aliphatic carbocycles. The molecule has 0 aliphatic rings. The van der Waals surface area contributed by atoms with Gasteiger partial charge in [0.2, 0.25) is 5.88 Å². The first-order valence-corrected chi connectivity index (χ1v) is 5.84. The molecule has 0 fully saturated rings. The summed E-state index contributed by atoms with van der Waals surface area (Å²) in [5.41, 5.74) is 2.38. The molecule has 0 spiro atoms. The molecule has 2 nitrogen and oxygen atoms in total. The molecule has 2 rings (SSSR count). The van der Waals surface area contributed by atoms with E-state index in [2.05, 4.69) is 11.9 Å². The molecule has 0 amide bonds. The summed E-state index contributed by atoms with van der Waals surface area (Å²) in [6, 6.07) is 11.8. The zero-order valence-corrected chi connectivity index (χ0v) is 10.6. The minimum Gasteiger partial charge on any atom is -0.481 e. The first-order valence-electron chi connectivity index (χ1n) is 5.46. The zero-order chi connectivity index (χ0) is 12.3.